The van der Waals surface area contributed by atoms with Gasteiger partial charge in [-0.2, -0.15) is 5.10 Å². The van der Waals surface area contributed by atoms with Crippen LogP contribution in [0.25, 0.3) is 11.2 Å². The Morgan fingerprint density at radius 2 is 2.05 bits per heavy atom. The van der Waals surface area contributed by atoms with Crippen molar-refractivity contribution < 1.29 is 4.39 Å². The third kappa shape index (κ3) is 2.31. The third-order valence-corrected chi connectivity index (χ3v) is 3.82. The Hall–Kier alpha value is -1.88. The van der Waals surface area contributed by atoms with Crippen LogP contribution in [0, 0.1) is 12.7 Å². The Bertz CT molecular complexity index is 790. The van der Waals surface area contributed by atoms with Crippen LogP contribution < -0.4 is 0 Å². The number of benzene rings is 1. The molecule has 6 heteroatoms. The Morgan fingerprint density at radius 1 is 1.29 bits per heavy atom. The molecule has 0 saturated heterocycles. The highest BCUT2D eigenvalue weighted by Crippen LogP contribution is 2.22. The maximum absolute atomic E-state index is 13.9. The molecule has 2 aromatic heterocycles. The minimum Gasteiger partial charge on any atom is -0.307 e. The van der Waals surface area contributed by atoms with Crippen LogP contribution in [0.1, 0.15) is 24.0 Å². The fraction of sp³-hybridized carbons (Fsp3) is 0.333. The number of imidazole rings is 1. The molecular weight excluding hydrogens is 291 g/mol. The molecule has 0 aliphatic heterocycles. The van der Waals surface area contributed by atoms with E-state index in [0.29, 0.717) is 12.1 Å². The monoisotopic (exact) mass is 306 g/mol. The van der Waals surface area contributed by atoms with Gasteiger partial charge in [0.25, 0.3) is 0 Å². The molecule has 3 aromatic rings. The minimum absolute atomic E-state index is 0.223. The maximum Gasteiger partial charge on any atom is 0.159 e. The Labute approximate surface area is 127 Å². The number of aromatic nitrogens is 4. The lowest BCUT2D eigenvalue weighted by Gasteiger charge is -2.10. The van der Waals surface area contributed by atoms with E-state index in [9.17, 15) is 4.39 Å². The lowest BCUT2D eigenvalue weighted by Crippen LogP contribution is -2.10. The van der Waals surface area contributed by atoms with Gasteiger partial charge in [0.2, 0.25) is 0 Å². The third-order valence-electron chi connectivity index (χ3n) is 3.58. The van der Waals surface area contributed by atoms with Gasteiger partial charge in [0.1, 0.15) is 17.2 Å². The molecule has 3 rings (SSSR count). The molecule has 0 aliphatic carbocycles. The smallest absolute Gasteiger partial charge is 0.159 e. The molecule has 2 heterocycles. The highest BCUT2D eigenvalue weighted by molar-refractivity contribution is 6.16. The number of nitrogens with zero attached hydrogens (tertiary/aromatic N) is 4. The van der Waals surface area contributed by atoms with Gasteiger partial charge in [-0.3, -0.25) is 0 Å². The van der Waals surface area contributed by atoms with Gasteiger partial charge >= 0.3 is 0 Å². The van der Waals surface area contributed by atoms with Crippen LogP contribution in [0.3, 0.4) is 0 Å². The first-order chi connectivity index (χ1) is 10.2. The largest absolute Gasteiger partial charge is 0.307 e. The van der Waals surface area contributed by atoms with E-state index in [0.717, 1.165) is 29.2 Å². The zero-order valence-electron chi connectivity index (χ0n) is 12.0. The van der Waals surface area contributed by atoms with E-state index in [1.165, 1.54) is 6.07 Å². The number of hydrogen-bond donors (Lipinski definition) is 0. The molecule has 1 aromatic carbocycles. The van der Waals surface area contributed by atoms with Crippen LogP contribution in [-0.4, -0.2) is 19.3 Å². The van der Waals surface area contributed by atoms with E-state index in [-0.39, 0.29) is 11.7 Å². The molecule has 4 nitrogen and oxygen atoms in total. The molecule has 0 radical (unpaired) electrons. The van der Waals surface area contributed by atoms with Gasteiger partial charge in [-0.25, -0.2) is 14.1 Å². The van der Waals surface area contributed by atoms with Crippen LogP contribution in [0.4, 0.5) is 4.39 Å². The van der Waals surface area contributed by atoms with Gasteiger partial charge in [-0.05, 0) is 19.9 Å². The zero-order chi connectivity index (χ0) is 15.0. The fourth-order valence-corrected chi connectivity index (χ4v) is 2.76. The lowest BCUT2D eigenvalue weighted by atomic mass is 10.2. The molecular formula is C15H16ClFN4. The van der Waals surface area contributed by atoms with Crippen LogP contribution in [0.5, 0.6) is 0 Å². The summed E-state index contributed by atoms with van der Waals surface area (Å²) in [6, 6.07) is 6.76. The Morgan fingerprint density at radius 3 is 2.71 bits per heavy atom. The second-order valence-electron chi connectivity index (χ2n) is 4.91. The van der Waals surface area contributed by atoms with Crippen molar-refractivity contribution in [2.45, 2.75) is 32.8 Å². The number of halogens is 2. The summed E-state index contributed by atoms with van der Waals surface area (Å²) in [5.41, 5.74) is 3.22. The van der Waals surface area contributed by atoms with Crippen molar-refractivity contribution in [2.24, 2.45) is 0 Å². The topological polar surface area (TPSA) is 35.6 Å². The lowest BCUT2D eigenvalue weighted by molar-refractivity contribution is 0.590. The molecule has 0 saturated carbocycles. The summed E-state index contributed by atoms with van der Waals surface area (Å²) in [5, 5.41) is 4.46. The van der Waals surface area contributed by atoms with E-state index >= 15 is 0 Å². The zero-order valence-corrected chi connectivity index (χ0v) is 12.7. The summed E-state index contributed by atoms with van der Waals surface area (Å²) in [6.45, 7) is 5.07. The van der Waals surface area contributed by atoms with Crippen LogP contribution in [0.2, 0.25) is 0 Å². The van der Waals surface area contributed by atoms with Crippen molar-refractivity contribution >= 4 is 22.8 Å². The number of alkyl halides is 1. The van der Waals surface area contributed by atoms with Crippen molar-refractivity contribution in [3.8, 4) is 0 Å². The highest BCUT2D eigenvalue weighted by atomic mass is 35.5. The van der Waals surface area contributed by atoms with E-state index in [1.807, 2.05) is 29.2 Å². The molecule has 0 atom stereocenters. The van der Waals surface area contributed by atoms with Gasteiger partial charge in [0, 0.05) is 12.1 Å². The molecule has 0 unspecified atom stereocenters. The minimum atomic E-state index is -0.223. The van der Waals surface area contributed by atoms with E-state index in [2.05, 4.69) is 10.1 Å². The van der Waals surface area contributed by atoms with Crippen molar-refractivity contribution in [3.63, 3.8) is 0 Å². The quantitative estimate of drug-likeness (QED) is 0.692. The molecule has 0 bridgehead atoms. The molecule has 0 amide bonds. The summed E-state index contributed by atoms with van der Waals surface area (Å²) < 4.78 is 17.7. The standard InChI is InChI=1S/C15H16ClFN4/c1-3-21-15-14(10(2)19-21)18-13(8-16)20(15)9-11-6-4-5-7-12(11)17/h4-7H,3,8-9H2,1-2H3. The SMILES string of the molecule is CCn1nc(C)c2nc(CCl)n(Cc3ccccc3F)c21. The number of aryl methyl sites for hydroxylation is 2. The van der Waals surface area contributed by atoms with E-state index in [4.69, 9.17) is 11.6 Å². The number of fused-ring (bicyclic) bond motifs is 1. The van der Waals surface area contributed by atoms with Gasteiger partial charge in [0.05, 0.1) is 18.1 Å². The van der Waals surface area contributed by atoms with Crippen LogP contribution in [-0.2, 0) is 19.0 Å². The number of rotatable bonds is 4. The maximum atomic E-state index is 13.9. The van der Waals surface area contributed by atoms with E-state index in [1.54, 1.807) is 12.1 Å². The molecule has 110 valence electrons. The van der Waals surface area contributed by atoms with E-state index < -0.39 is 0 Å². The first-order valence-corrected chi connectivity index (χ1v) is 7.41. The predicted molar refractivity (Wildman–Crippen MR) is 81.0 cm³/mol. The van der Waals surface area contributed by atoms with Gasteiger partial charge in [-0.15, -0.1) is 11.6 Å². The predicted octanol–water partition coefficient (Wildman–Crippen LogP) is 3.49. The van der Waals surface area contributed by atoms with Crippen LogP contribution in [0.15, 0.2) is 24.3 Å². The van der Waals surface area contributed by atoms with Crippen molar-refractivity contribution in [1.29, 1.82) is 0 Å². The molecule has 0 N–H and O–H groups in total. The summed E-state index contributed by atoms with van der Waals surface area (Å²) in [6.07, 6.45) is 0. The normalized spacial score (nSPS) is 11.4. The average Bonchev–Trinajstić information content (AvgIpc) is 3.00. The highest BCUT2D eigenvalue weighted by Gasteiger charge is 2.18. The molecule has 21 heavy (non-hydrogen) atoms. The fourth-order valence-electron chi connectivity index (χ4n) is 2.56. The first kappa shape index (κ1) is 14.1. The Balaban J connectivity index is 2.18. The van der Waals surface area contributed by atoms with Gasteiger partial charge in [-0.1, -0.05) is 18.2 Å². The molecule has 0 aliphatic rings. The molecule has 0 spiro atoms. The summed E-state index contributed by atoms with van der Waals surface area (Å²) in [4.78, 5) is 4.55. The molecule has 0 fully saturated rings. The van der Waals surface area contributed by atoms with Crippen molar-refractivity contribution in [3.05, 3.63) is 47.2 Å². The van der Waals surface area contributed by atoms with Crippen LogP contribution >= 0.6 is 11.6 Å². The summed E-state index contributed by atoms with van der Waals surface area (Å²) in [5.74, 6) is 0.795. The second-order valence-corrected chi connectivity index (χ2v) is 5.18. The van der Waals surface area contributed by atoms with Crippen molar-refractivity contribution in [2.75, 3.05) is 0 Å². The van der Waals surface area contributed by atoms with Gasteiger partial charge in [0.15, 0.2) is 5.65 Å². The first-order valence-electron chi connectivity index (χ1n) is 6.87. The second kappa shape index (κ2) is 5.48. The number of hydrogen-bond acceptors (Lipinski definition) is 2. The summed E-state index contributed by atoms with van der Waals surface area (Å²) in [7, 11) is 0. The van der Waals surface area contributed by atoms with Gasteiger partial charge < -0.3 is 4.57 Å². The van der Waals surface area contributed by atoms with Crippen molar-refractivity contribution in [1.82, 2.24) is 19.3 Å². The Kier molecular flexibility index (Phi) is 3.68. The average molecular weight is 307 g/mol. The summed E-state index contributed by atoms with van der Waals surface area (Å²) >= 11 is 6.01.